The molecule has 0 radical (unpaired) electrons. The molecule has 3 N–H and O–H groups in total. The number of rotatable bonds is 64. The van der Waals surface area contributed by atoms with Crippen molar-refractivity contribution in [3.63, 3.8) is 0 Å². The summed E-state index contributed by atoms with van der Waals surface area (Å²) < 4.78 is 5.50. The van der Waals surface area contributed by atoms with Gasteiger partial charge in [-0.25, -0.2) is 0 Å². The molecule has 0 bridgehead atoms. The second kappa shape index (κ2) is 64.9. The van der Waals surface area contributed by atoms with Crippen LogP contribution in [0.2, 0.25) is 0 Å². The molecule has 0 aliphatic rings. The monoisotopic (exact) mass is 1060 g/mol. The predicted octanol–water partition coefficient (Wildman–Crippen LogP) is 21.8. The number of hydrogen-bond donors (Lipinski definition) is 3. The van der Waals surface area contributed by atoms with E-state index >= 15 is 0 Å². The number of aliphatic hydroxyl groups excluding tert-OH is 2. The number of carbonyl (C=O) groups excluding carboxylic acids is 2. The summed E-state index contributed by atoms with van der Waals surface area (Å²) >= 11 is 0. The highest BCUT2D eigenvalue weighted by Crippen LogP contribution is 2.18. The molecular weight excluding hydrogens is 923 g/mol. The quantitative estimate of drug-likeness (QED) is 0.0320. The van der Waals surface area contributed by atoms with Crippen LogP contribution in [0.1, 0.15) is 380 Å². The van der Waals surface area contributed by atoms with E-state index in [4.69, 9.17) is 4.74 Å². The summed E-state index contributed by atoms with van der Waals surface area (Å²) in [4.78, 5) is 24.6. The fraction of sp³-hybridized carbons (Fsp3) is 0.913. The molecule has 0 fully saturated rings. The van der Waals surface area contributed by atoms with Crippen molar-refractivity contribution in [2.75, 3.05) is 13.2 Å². The Morgan fingerprint density at radius 1 is 0.360 bits per heavy atom. The van der Waals surface area contributed by atoms with Gasteiger partial charge in [0.1, 0.15) is 0 Å². The number of carbonyl (C=O) groups is 2. The smallest absolute Gasteiger partial charge is 0.305 e. The zero-order valence-corrected chi connectivity index (χ0v) is 50.8. The van der Waals surface area contributed by atoms with E-state index in [1.54, 1.807) is 6.08 Å². The van der Waals surface area contributed by atoms with Crippen LogP contribution in [0.25, 0.3) is 0 Å². The molecule has 6 nitrogen and oxygen atoms in total. The Balaban J connectivity index is 3.36. The summed E-state index contributed by atoms with van der Waals surface area (Å²) in [6, 6.07) is -0.627. The van der Waals surface area contributed by atoms with Gasteiger partial charge in [0.2, 0.25) is 5.91 Å². The molecule has 6 heteroatoms. The van der Waals surface area contributed by atoms with Crippen LogP contribution in [0.5, 0.6) is 0 Å². The van der Waals surface area contributed by atoms with Gasteiger partial charge in [0.15, 0.2) is 0 Å². The Labute approximate surface area is 469 Å². The van der Waals surface area contributed by atoms with Gasteiger partial charge in [0.05, 0.1) is 25.4 Å². The normalized spacial score (nSPS) is 12.6. The first-order valence-corrected chi connectivity index (χ1v) is 34.1. The lowest BCUT2D eigenvalue weighted by Gasteiger charge is -2.20. The zero-order chi connectivity index (χ0) is 54.3. The summed E-state index contributed by atoms with van der Waals surface area (Å²) in [5.41, 5.74) is 0. The van der Waals surface area contributed by atoms with E-state index < -0.39 is 12.1 Å². The first-order chi connectivity index (χ1) is 37.0. The van der Waals surface area contributed by atoms with Crippen molar-refractivity contribution < 1.29 is 24.5 Å². The van der Waals surface area contributed by atoms with Gasteiger partial charge >= 0.3 is 5.97 Å². The number of esters is 1. The molecule has 0 aromatic heterocycles. The molecule has 0 aliphatic heterocycles. The zero-order valence-electron chi connectivity index (χ0n) is 50.8. The molecule has 0 rings (SSSR count). The van der Waals surface area contributed by atoms with Gasteiger partial charge in [0, 0.05) is 12.8 Å². The number of hydrogen-bond acceptors (Lipinski definition) is 5. The molecule has 0 spiro atoms. The second-order valence-corrected chi connectivity index (χ2v) is 23.5. The molecular formula is C69H133NO5. The molecule has 1 amide bonds. The van der Waals surface area contributed by atoms with Crippen molar-refractivity contribution >= 4 is 11.9 Å². The van der Waals surface area contributed by atoms with Gasteiger partial charge in [0.25, 0.3) is 0 Å². The molecule has 75 heavy (non-hydrogen) atoms. The molecule has 2 unspecified atom stereocenters. The fourth-order valence-corrected chi connectivity index (χ4v) is 10.7. The summed E-state index contributed by atoms with van der Waals surface area (Å²) in [6.45, 7) is 4.93. The lowest BCUT2D eigenvalue weighted by atomic mass is 10.0. The minimum absolute atomic E-state index is 0.0200. The number of allylic oxidation sites excluding steroid dienone is 3. The third-order valence-electron chi connectivity index (χ3n) is 16.0. The highest BCUT2D eigenvalue weighted by atomic mass is 16.5. The van der Waals surface area contributed by atoms with Crippen LogP contribution in [0, 0.1) is 0 Å². The third-order valence-corrected chi connectivity index (χ3v) is 16.0. The summed E-state index contributed by atoms with van der Waals surface area (Å²) in [5.74, 6) is -0.0466. The highest BCUT2D eigenvalue weighted by molar-refractivity contribution is 5.76. The average molecular weight is 1060 g/mol. The van der Waals surface area contributed by atoms with Gasteiger partial charge in [-0.1, -0.05) is 334 Å². The molecule has 2 atom stereocenters. The molecule has 444 valence electrons. The SMILES string of the molecule is CCCCCCCCCCCCC/C=C/C(O)C(CO)NC(=O)CCCCCCCCCCCCCC/C=C\CCCCCCCCCCCCCCOC(=O)CCCCCCCCCCCCCCCCCCC. The molecule has 0 heterocycles. The van der Waals surface area contributed by atoms with Crippen molar-refractivity contribution in [3.8, 4) is 0 Å². The van der Waals surface area contributed by atoms with Crippen molar-refractivity contribution in [3.05, 3.63) is 24.3 Å². The first kappa shape index (κ1) is 73.3. The second-order valence-electron chi connectivity index (χ2n) is 23.5. The van der Waals surface area contributed by atoms with Gasteiger partial charge < -0.3 is 20.3 Å². The van der Waals surface area contributed by atoms with Crippen LogP contribution in [0.15, 0.2) is 24.3 Å². The Bertz CT molecular complexity index is 1170. The van der Waals surface area contributed by atoms with E-state index in [0.717, 1.165) is 38.5 Å². The maximum absolute atomic E-state index is 12.5. The summed E-state index contributed by atoms with van der Waals surface area (Å²) in [7, 11) is 0. The number of aliphatic hydroxyl groups is 2. The van der Waals surface area contributed by atoms with E-state index in [1.165, 1.54) is 315 Å². The molecule has 0 aliphatic carbocycles. The van der Waals surface area contributed by atoms with Crippen LogP contribution >= 0.6 is 0 Å². The number of nitrogens with one attached hydrogen (secondary N) is 1. The van der Waals surface area contributed by atoms with Crippen molar-refractivity contribution in [2.24, 2.45) is 0 Å². The summed E-state index contributed by atoms with van der Waals surface area (Å²) in [5, 5.41) is 23.1. The molecule has 0 saturated carbocycles. The van der Waals surface area contributed by atoms with Gasteiger partial charge in [-0.2, -0.15) is 0 Å². The van der Waals surface area contributed by atoms with Gasteiger partial charge in [-0.15, -0.1) is 0 Å². The minimum Gasteiger partial charge on any atom is -0.466 e. The highest BCUT2D eigenvalue weighted by Gasteiger charge is 2.18. The van der Waals surface area contributed by atoms with E-state index in [1.807, 2.05) is 6.08 Å². The van der Waals surface area contributed by atoms with Crippen LogP contribution in [0.3, 0.4) is 0 Å². The maximum atomic E-state index is 12.5. The van der Waals surface area contributed by atoms with E-state index in [2.05, 4.69) is 31.3 Å². The van der Waals surface area contributed by atoms with E-state index in [0.29, 0.717) is 19.4 Å². The lowest BCUT2D eigenvalue weighted by molar-refractivity contribution is -0.143. The predicted molar refractivity (Wildman–Crippen MR) is 329 cm³/mol. The minimum atomic E-state index is -0.843. The van der Waals surface area contributed by atoms with Crippen molar-refractivity contribution in [1.82, 2.24) is 5.32 Å². The average Bonchev–Trinajstić information content (AvgIpc) is 3.41. The summed E-state index contributed by atoms with van der Waals surface area (Å²) in [6.07, 6.45) is 81.1. The standard InChI is InChI=1S/C69H133NO5/c1-3-5-7-9-11-13-15-17-18-31-35-39-43-47-51-55-59-63-69(74)75-64-60-56-52-48-44-40-36-33-30-28-26-24-22-20-19-21-23-25-27-29-32-34-38-42-46-50-54-58-62-68(73)70-66(65-71)67(72)61-57-53-49-45-41-37-16-14-12-10-8-6-4-2/h19-20,57,61,66-67,71-72H,3-18,21-56,58-60,62-65H2,1-2H3,(H,70,73)/b20-19-,61-57+. The third kappa shape index (κ3) is 61.4. The van der Waals surface area contributed by atoms with Gasteiger partial charge in [-0.05, 0) is 57.8 Å². The van der Waals surface area contributed by atoms with Crippen molar-refractivity contribution in [1.29, 1.82) is 0 Å². The van der Waals surface area contributed by atoms with Crippen LogP contribution in [0.4, 0.5) is 0 Å². The fourth-order valence-electron chi connectivity index (χ4n) is 10.7. The Morgan fingerprint density at radius 3 is 0.947 bits per heavy atom. The van der Waals surface area contributed by atoms with Crippen molar-refractivity contribution in [2.45, 2.75) is 392 Å². The van der Waals surface area contributed by atoms with E-state index in [-0.39, 0.29) is 18.5 Å². The Morgan fingerprint density at radius 2 is 0.627 bits per heavy atom. The molecule has 0 aromatic rings. The Kier molecular flexibility index (Phi) is 63.4. The lowest BCUT2D eigenvalue weighted by Crippen LogP contribution is -2.45. The maximum Gasteiger partial charge on any atom is 0.305 e. The Hall–Kier alpha value is -1.66. The van der Waals surface area contributed by atoms with Gasteiger partial charge in [-0.3, -0.25) is 9.59 Å². The molecule has 0 aromatic carbocycles. The largest absolute Gasteiger partial charge is 0.466 e. The number of ether oxygens (including phenoxy) is 1. The van der Waals surface area contributed by atoms with Crippen LogP contribution in [-0.4, -0.2) is 47.4 Å². The van der Waals surface area contributed by atoms with Crippen LogP contribution < -0.4 is 5.32 Å². The van der Waals surface area contributed by atoms with E-state index in [9.17, 15) is 19.8 Å². The first-order valence-electron chi connectivity index (χ1n) is 34.1. The molecule has 0 saturated heterocycles. The number of unbranched alkanes of at least 4 members (excludes halogenated alkanes) is 51. The topological polar surface area (TPSA) is 95.9 Å². The van der Waals surface area contributed by atoms with Crippen LogP contribution in [-0.2, 0) is 14.3 Å². The number of amides is 1.